The number of amides is 2. The molecule has 128 valence electrons. The predicted octanol–water partition coefficient (Wildman–Crippen LogP) is 2.00. The van der Waals surface area contributed by atoms with Crippen molar-refractivity contribution in [2.45, 2.75) is 25.7 Å². The van der Waals surface area contributed by atoms with Crippen LogP contribution < -0.4 is 4.90 Å². The number of hydrogen-bond donors (Lipinski definition) is 1. The number of aliphatic carboxylic acids is 1. The topological polar surface area (TPSA) is 77.9 Å². The molecule has 1 aromatic carbocycles. The van der Waals surface area contributed by atoms with Gasteiger partial charge in [0.25, 0.3) is 5.91 Å². The summed E-state index contributed by atoms with van der Waals surface area (Å²) < 4.78 is 0. The second-order valence-corrected chi connectivity index (χ2v) is 6.59. The summed E-state index contributed by atoms with van der Waals surface area (Å²) in [6.07, 6.45) is 2.78. The monoisotopic (exact) mass is 330 g/mol. The van der Waals surface area contributed by atoms with Crippen LogP contribution >= 0.6 is 0 Å². The van der Waals surface area contributed by atoms with Crippen molar-refractivity contribution in [3.05, 3.63) is 29.8 Å². The van der Waals surface area contributed by atoms with E-state index < -0.39 is 5.97 Å². The summed E-state index contributed by atoms with van der Waals surface area (Å²) in [5, 5.41) is 9.07. The summed E-state index contributed by atoms with van der Waals surface area (Å²) in [6.45, 7) is 0.870. The van der Waals surface area contributed by atoms with E-state index in [1.54, 1.807) is 35.0 Å². The van der Waals surface area contributed by atoms with Crippen LogP contribution in [0.25, 0.3) is 0 Å². The Balaban J connectivity index is 1.76. The predicted molar refractivity (Wildman–Crippen MR) is 88.8 cm³/mol. The Labute approximate surface area is 141 Å². The quantitative estimate of drug-likeness (QED) is 0.916. The maximum Gasteiger partial charge on any atom is 0.306 e. The van der Waals surface area contributed by atoms with Crippen LogP contribution in [0.1, 0.15) is 36.0 Å². The molecule has 6 heteroatoms. The highest BCUT2D eigenvalue weighted by Crippen LogP contribution is 2.33. The van der Waals surface area contributed by atoms with Gasteiger partial charge in [-0.2, -0.15) is 0 Å². The average molecular weight is 330 g/mol. The minimum atomic E-state index is -0.794. The molecule has 2 fully saturated rings. The second-order valence-electron chi connectivity index (χ2n) is 6.59. The molecule has 0 radical (unpaired) electrons. The highest BCUT2D eigenvalue weighted by molar-refractivity contribution is 6.05. The van der Waals surface area contributed by atoms with E-state index in [-0.39, 0.29) is 23.7 Å². The summed E-state index contributed by atoms with van der Waals surface area (Å²) in [6, 6.07) is 7.13. The Hall–Kier alpha value is -2.37. The van der Waals surface area contributed by atoms with Crippen LogP contribution in [-0.4, -0.2) is 47.9 Å². The lowest BCUT2D eigenvalue weighted by atomic mass is 9.96. The van der Waals surface area contributed by atoms with E-state index in [1.807, 2.05) is 6.07 Å². The van der Waals surface area contributed by atoms with Gasteiger partial charge >= 0.3 is 5.97 Å². The van der Waals surface area contributed by atoms with Crippen LogP contribution in [0.4, 0.5) is 5.69 Å². The van der Waals surface area contributed by atoms with E-state index >= 15 is 0 Å². The molecule has 1 saturated carbocycles. The molecular weight excluding hydrogens is 308 g/mol. The lowest BCUT2D eigenvalue weighted by molar-refractivity contribution is -0.143. The first-order valence-corrected chi connectivity index (χ1v) is 8.37. The summed E-state index contributed by atoms with van der Waals surface area (Å²) in [4.78, 5) is 39.5. The third kappa shape index (κ3) is 3.27. The molecule has 24 heavy (non-hydrogen) atoms. The molecule has 1 heterocycles. The molecule has 1 aliphatic carbocycles. The Morgan fingerprint density at radius 2 is 1.67 bits per heavy atom. The Bertz CT molecular complexity index is 661. The van der Waals surface area contributed by atoms with Crippen molar-refractivity contribution < 1.29 is 19.5 Å². The molecule has 1 aromatic rings. The first kappa shape index (κ1) is 16.5. The number of anilines is 1. The van der Waals surface area contributed by atoms with Gasteiger partial charge in [0.2, 0.25) is 5.91 Å². The van der Waals surface area contributed by atoms with Crippen LogP contribution in [0.5, 0.6) is 0 Å². The van der Waals surface area contributed by atoms with E-state index in [2.05, 4.69) is 0 Å². The van der Waals surface area contributed by atoms with Gasteiger partial charge in [-0.15, -0.1) is 0 Å². The van der Waals surface area contributed by atoms with Crippen LogP contribution in [0, 0.1) is 11.8 Å². The number of para-hydroxylation sites is 1. The molecule has 6 nitrogen and oxygen atoms in total. The molecule has 0 unspecified atom stereocenters. The van der Waals surface area contributed by atoms with E-state index in [0.717, 1.165) is 12.8 Å². The number of piperidine rings is 1. The van der Waals surface area contributed by atoms with Crippen molar-refractivity contribution in [3.63, 3.8) is 0 Å². The van der Waals surface area contributed by atoms with Gasteiger partial charge in [0.1, 0.15) is 0 Å². The van der Waals surface area contributed by atoms with Gasteiger partial charge in [0, 0.05) is 26.1 Å². The zero-order chi connectivity index (χ0) is 17.3. The molecule has 0 spiro atoms. The Morgan fingerprint density at radius 3 is 2.25 bits per heavy atom. The third-order valence-electron chi connectivity index (χ3n) is 4.88. The van der Waals surface area contributed by atoms with Gasteiger partial charge in [0.05, 0.1) is 17.2 Å². The van der Waals surface area contributed by atoms with Crippen molar-refractivity contribution >= 4 is 23.5 Å². The molecule has 2 aliphatic rings. The summed E-state index contributed by atoms with van der Waals surface area (Å²) >= 11 is 0. The number of hydrogen-bond acceptors (Lipinski definition) is 3. The van der Waals surface area contributed by atoms with E-state index in [0.29, 0.717) is 37.2 Å². The van der Waals surface area contributed by atoms with Crippen molar-refractivity contribution in [1.82, 2.24) is 4.90 Å². The number of likely N-dealkylation sites (tertiary alicyclic amines) is 1. The summed E-state index contributed by atoms with van der Waals surface area (Å²) in [5.41, 5.74) is 1.13. The van der Waals surface area contributed by atoms with E-state index in [1.165, 1.54) is 0 Å². The molecular formula is C18H22N2O4. The van der Waals surface area contributed by atoms with Gasteiger partial charge in [-0.05, 0) is 37.8 Å². The Morgan fingerprint density at radius 1 is 1.04 bits per heavy atom. The molecule has 3 rings (SSSR count). The van der Waals surface area contributed by atoms with Crippen molar-refractivity contribution in [2.75, 3.05) is 25.0 Å². The molecule has 2 amide bonds. The third-order valence-corrected chi connectivity index (χ3v) is 4.88. The lowest BCUT2D eigenvalue weighted by Gasteiger charge is -2.31. The highest BCUT2D eigenvalue weighted by Gasteiger charge is 2.34. The fourth-order valence-electron chi connectivity index (χ4n) is 3.17. The van der Waals surface area contributed by atoms with Crippen molar-refractivity contribution in [1.29, 1.82) is 0 Å². The first-order valence-electron chi connectivity index (χ1n) is 8.37. The molecule has 0 atom stereocenters. The zero-order valence-electron chi connectivity index (χ0n) is 13.8. The lowest BCUT2D eigenvalue weighted by Crippen LogP contribution is -2.41. The minimum absolute atomic E-state index is 0.0554. The van der Waals surface area contributed by atoms with Crippen molar-refractivity contribution in [3.8, 4) is 0 Å². The summed E-state index contributed by atoms with van der Waals surface area (Å²) in [5.74, 6) is -1.16. The van der Waals surface area contributed by atoms with Crippen LogP contribution in [0.15, 0.2) is 24.3 Å². The van der Waals surface area contributed by atoms with Crippen molar-refractivity contribution in [2.24, 2.45) is 11.8 Å². The SMILES string of the molecule is CN(C(=O)C1CC1)c1ccccc1C(=O)N1CCC(C(=O)O)CC1. The van der Waals surface area contributed by atoms with Gasteiger partial charge in [-0.25, -0.2) is 0 Å². The minimum Gasteiger partial charge on any atom is -0.481 e. The molecule has 1 N–H and O–H groups in total. The fraction of sp³-hybridized carbons (Fsp3) is 0.500. The van der Waals surface area contributed by atoms with Gasteiger partial charge in [-0.1, -0.05) is 12.1 Å². The van der Waals surface area contributed by atoms with Gasteiger partial charge in [-0.3, -0.25) is 14.4 Å². The number of benzene rings is 1. The number of carboxylic acid groups (broad SMARTS) is 1. The fourth-order valence-corrected chi connectivity index (χ4v) is 3.17. The smallest absolute Gasteiger partial charge is 0.306 e. The van der Waals surface area contributed by atoms with Gasteiger partial charge < -0.3 is 14.9 Å². The van der Waals surface area contributed by atoms with E-state index in [9.17, 15) is 14.4 Å². The molecule has 0 bridgehead atoms. The maximum atomic E-state index is 12.9. The molecule has 0 aromatic heterocycles. The zero-order valence-corrected chi connectivity index (χ0v) is 13.8. The molecule has 1 saturated heterocycles. The van der Waals surface area contributed by atoms with Crippen LogP contribution in [-0.2, 0) is 9.59 Å². The number of carboxylic acids is 1. The number of nitrogens with zero attached hydrogens (tertiary/aromatic N) is 2. The standard InChI is InChI=1S/C18H22N2O4/c1-19(16(21)12-6-7-12)15-5-3-2-4-14(15)17(22)20-10-8-13(9-11-20)18(23)24/h2-5,12-13H,6-11H2,1H3,(H,23,24). The highest BCUT2D eigenvalue weighted by atomic mass is 16.4. The Kier molecular flexibility index (Phi) is 4.55. The van der Waals surface area contributed by atoms with Gasteiger partial charge in [0.15, 0.2) is 0 Å². The maximum absolute atomic E-state index is 12.9. The largest absolute Gasteiger partial charge is 0.481 e. The molecule has 1 aliphatic heterocycles. The van der Waals surface area contributed by atoms with Crippen LogP contribution in [0.2, 0.25) is 0 Å². The van der Waals surface area contributed by atoms with E-state index in [4.69, 9.17) is 5.11 Å². The average Bonchev–Trinajstić information content (AvgIpc) is 3.45. The number of carbonyl (C=O) groups excluding carboxylic acids is 2. The number of carbonyl (C=O) groups is 3. The second kappa shape index (κ2) is 6.63. The van der Waals surface area contributed by atoms with Crippen LogP contribution in [0.3, 0.4) is 0 Å². The summed E-state index contributed by atoms with van der Waals surface area (Å²) in [7, 11) is 1.71. The number of rotatable bonds is 4. The first-order chi connectivity index (χ1) is 11.5. The normalized spacial score (nSPS) is 18.3.